The Balaban J connectivity index is 1.94. The van der Waals surface area contributed by atoms with Crippen LogP contribution in [-0.4, -0.2) is 33.3 Å². The number of nitrogens with zero attached hydrogens (tertiary/aromatic N) is 2. The number of hydrogen-bond acceptors (Lipinski definition) is 4. The summed E-state index contributed by atoms with van der Waals surface area (Å²) in [6.45, 7) is 3.55. The molecule has 0 radical (unpaired) electrons. The highest BCUT2D eigenvalue weighted by atomic mass is 16.3. The average molecular weight is 313 g/mol. The lowest BCUT2D eigenvalue weighted by atomic mass is 9.83. The molecule has 0 spiro atoms. The van der Waals surface area contributed by atoms with Crippen molar-refractivity contribution in [3.05, 3.63) is 53.1 Å². The van der Waals surface area contributed by atoms with E-state index in [1.165, 1.54) is 0 Å². The maximum Gasteiger partial charge on any atom is 0.254 e. The van der Waals surface area contributed by atoms with Crippen LogP contribution < -0.4 is 10.9 Å². The summed E-state index contributed by atoms with van der Waals surface area (Å²) < 4.78 is 1.60. The summed E-state index contributed by atoms with van der Waals surface area (Å²) in [4.78, 5) is 17.0. The molecule has 1 unspecified atom stereocenters. The van der Waals surface area contributed by atoms with E-state index < -0.39 is 5.60 Å². The monoisotopic (exact) mass is 313 g/mol. The molecule has 23 heavy (non-hydrogen) atoms. The van der Waals surface area contributed by atoms with Crippen molar-refractivity contribution in [3.8, 4) is 11.3 Å². The fraction of sp³-hybridized carbons (Fsp3) is 0.444. The van der Waals surface area contributed by atoms with Crippen molar-refractivity contribution in [1.29, 1.82) is 0 Å². The molecule has 2 N–H and O–H groups in total. The van der Waals surface area contributed by atoms with Gasteiger partial charge in [-0.25, -0.2) is 4.98 Å². The third-order valence-corrected chi connectivity index (χ3v) is 4.72. The fourth-order valence-corrected chi connectivity index (χ4v) is 3.44. The minimum atomic E-state index is -0.847. The normalized spacial score (nSPS) is 18.5. The van der Waals surface area contributed by atoms with Gasteiger partial charge in [-0.1, -0.05) is 37.3 Å². The molecule has 3 rings (SSSR count). The zero-order valence-electron chi connectivity index (χ0n) is 13.4. The summed E-state index contributed by atoms with van der Waals surface area (Å²) in [5.74, 6) is 0. The van der Waals surface area contributed by atoms with Crippen molar-refractivity contribution in [3.63, 3.8) is 0 Å². The molecule has 0 amide bonds. The Morgan fingerprint density at radius 3 is 2.61 bits per heavy atom. The minimum absolute atomic E-state index is 0.113. The van der Waals surface area contributed by atoms with Gasteiger partial charge in [0, 0.05) is 11.6 Å². The van der Waals surface area contributed by atoms with Crippen LogP contribution in [0.4, 0.5) is 0 Å². The molecule has 1 aliphatic rings. The molecule has 0 bridgehead atoms. The summed E-state index contributed by atoms with van der Waals surface area (Å²) in [6.07, 6.45) is 3.58. The number of nitrogens with one attached hydrogen (secondary N) is 1. The molecule has 2 aromatic rings. The van der Waals surface area contributed by atoms with E-state index in [9.17, 15) is 9.90 Å². The van der Waals surface area contributed by atoms with Crippen LogP contribution in [0.1, 0.15) is 32.2 Å². The Labute approximate surface area is 136 Å². The Kier molecular flexibility index (Phi) is 4.59. The van der Waals surface area contributed by atoms with E-state index in [1.54, 1.807) is 17.0 Å². The maximum atomic E-state index is 12.6. The molecule has 1 aromatic heterocycles. The molecule has 0 aliphatic carbocycles. The van der Waals surface area contributed by atoms with Crippen LogP contribution in [0.2, 0.25) is 0 Å². The fourth-order valence-electron chi connectivity index (χ4n) is 3.44. The quantitative estimate of drug-likeness (QED) is 0.906. The van der Waals surface area contributed by atoms with Gasteiger partial charge in [0.1, 0.15) is 0 Å². The van der Waals surface area contributed by atoms with Gasteiger partial charge in [0.25, 0.3) is 5.56 Å². The van der Waals surface area contributed by atoms with E-state index in [4.69, 9.17) is 0 Å². The predicted molar refractivity (Wildman–Crippen MR) is 90.3 cm³/mol. The van der Waals surface area contributed by atoms with Gasteiger partial charge < -0.3 is 10.4 Å². The van der Waals surface area contributed by atoms with Crippen LogP contribution in [0.3, 0.4) is 0 Å². The number of piperidine rings is 1. The van der Waals surface area contributed by atoms with E-state index in [2.05, 4.69) is 10.3 Å². The molecule has 5 nitrogen and oxygen atoms in total. The first-order valence-electron chi connectivity index (χ1n) is 8.21. The molecule has 1 fully saturated rings. The molecule has 1 saturated heterocycles. The van der Waals surface area contributed by atoms with Gasteiger partial charge in [-0.3, -0.25) is 9.36 Å². The van der Waals surface area contributed by atoms with E-state index >= 15 is 0 Å². The van der Waals surface area contributed by atoms with Gasteiger partial charge in [-0.2, -0.15) is 0 Å². The van der Waals surface area contributed by atoms with Crippen LogP contribution in [0.5, 0.6) is 0 Å². The first-order chi connectivity index (χ1) is 11.1. The minimum Gasteiger partial charge on any atom is -0.388 e. The summed E-state index contributed by atoms with van der Waals surface area (Å²) in [6, 6.07) is 11.0. The van der Waals surface area contributed by atoms with Crippen molar-refractivity contribution in [2.24, 2.45) is 0 Å². The third-order valence-electron chi connectivity index (χ3n) is 4.72. The number of rotatable bonds is 4. The molecular formula is C18H23N3O2. The molecule has 1 aromatic carbocycles. The molecule has 1 atom stereocenters. The van der Waals surface area contributed by atoms with Crippen LogP contribution in [0.25, 0.3) is 11.3 Å². The molecular weight excluding hydrogens is 290 g/mol. The SMILES string of the molecule is CCC(n1cnc(-c2ccccc2)cc1=O)C1(O)CCNCC1. The lowest BCUT2D eigenvalue weighted by Crippen LogP contribution is -2.49. The van der Waals surface area contributed by atoms with Gasteiger partial charge in [0.15, 0.2) is 0 Å². The van der Waals surface area contributed by atoms with Gasteiger partial charge >= 0.3 is 0 Å². The molecule has 5 heteroatoms. The Morgan fingerprint density at radius 2 is 2.00 bits per heavy atom. The summed E-state index contributed by atoms with van der Waals surface area (Å²) in [7, 11) is 0. The highest BCUT2D eigenvalue weighted by Crippen LogP contribution is 2.32. The standard InChI is InChI=1S/C18H23N3O2/c1-2-16(18(23)8-10-19-11-9-18)21-13-20-15(12-17(21)22)14-6-4-3-5-7-14/h3-7,12-13,16,19,23H,2,8-11H2,1H3. The smallest absolute Gasteiger partial charge is 0.254 e. The second-order valence-electron chi connectivity index (χ2n) is 6.16. The highest BCUT2D eigenvalue weighted by molar-refractivity contribution is 5.57. The topological polar surface area (TPSA) is 67.2 Å². The lowest BCUT2D eigenvalue weighted by molar-refractivity contribution is -0.0404. The summed E-state index contributed by atoms with van der Waals surface area (Å²) in [5, 5.41) is 14.2. The molecule has 1 aliphatic heterocycles. The van der Waals surface area contributed by atoms with E-state index in [0.717, 1.165) is 18.7 Å². The summed E-state index contributed by atoms with van der Waals surface area (Å²) in [5.41, 5.74) is 0.627. The van der Waals surface area contributed by atoms with Crippen molar-refractivity contribution >= 4 is 0 Å². The van der Waals surface area contributed by atoms with Gasteiger partial charge in [-0.15, -0.1) is 0 Å². The zero-order chi connectivity index (χ0) is 16.3. The van der Waals surface area contributed by atoms with Crippen LogP contribution in [0, 0.1) is 0 Å². The first kappa shape index (κ1) is 15.9. The average Bonchev–Trinajstić information content (AvgIpc) is 2.58. The van der Waals surface area contributed by atoms with Gasteiger partial charge in [0.2, 0.25) is 0 Å². The van der Waals surface area contributed by atoms with Crippen molar-refractivity contribution in [2.45, 2.75) is 37.8 Å². The Morgan fingerprint density at radius 1 is 1.30 bits per heavy atom. The van der Waals surface area contributed by atoms with Crippen LogP contribution in [0.15, 0.2) is 47.5 Å². The van der Waals surface area contributed by atoms with Crippen molar-refractivity contribution < 1.29 is 5.11 Å². The van der Waals surface area contributed by atoms with E-state index in [1.807, 2.05) is 37.3 Å². The highest BCUT2D eigenvalue weighted by Gasteiger charge is 2.38. The van der Waals surface area contributed by atoms with Crippen LogP contribution >= 0.6 is 0 Å². The second-order valence-corrected chi connectivity index (χ2v) is 6.16. The number of hydrogen-bond donors (Lipinski definition) is 2. The predicted octanol–water partition coefficient (Wildman–Crippen LogP) is 1.98. The van der Waals surface area contributed by atoms with Crippen LogP contribution in [-0.2, 0) is 0 Å². The molecule has 122 valence electrons. The number of benzene rings is 1. The molecule has 0 saturated carbocycles. The first-order valence-corrected chi connectivity index (χ1v) is 8.21. The maximum absolute atomic E-state index is 12.6. The van der Waals surface area contributed by atoms with E-state index in [0.29, 0.717) is 25.0 Å². The number of aromatic nitrogens is 2. The Bertz CT molecular complexity index is 706. The molecule has 2 heterocycles. The zero-order valence-corrected chi connectivity index (χ0v) is 13.4. The van der Waals surface area contributed by atoms with Gasteiger partial charge in [-0.05, 0) is 32.4 Å². The largest absolute Gasteiger partial charge is 0.388 e. The van der Waals surface area contributed by atoms with Crippen molar-refractivity contribution in [1.82, 2.24) is 14.9 Å². The summed E-state index contributed by atoms with van der Waals surface area (Å²) >= 11 is 0. The lowest BCUT2D eigenvalue weighted by Gasteiger charge is -2.39. The van der Waals surface area contributed by atoms with E-state index in [-0.39, 0.29) is 11.6 Å². The van der Waals surface area contributed by atoms with Crippen molar-refractivity contribution in [2.75, 3.05) is 13.1 Å². The third kappa shape index (κ3) is 3.21. The second kappa shape index (κ2) is 6.64. The van der Waals surface area contributed by atoms with Gasteiger partial charge in [0.05, 0.1) is 23.7 Å². The Hall–Kier alpha value is -1.98. The number of aliphatic hydroxyl groups is 1.